The van der Waals surface area contributed by atoms with Crippen LogP contribution in [0.15, 0.2) is 16.9 Å². The lowest BCUT2D eigenvalue weighted by molar-refractivity contribution is 0.683. The van der Waals surface area contributed by atoms with Crippen LogP contribution in [-0.2, 0) is 0 Å². The van der Waals surface area contributed by atoms with Crippen LogP contribution in [0.2, 0.25) is 0 Å². The molecule has 21 heavy (non-hydrogen) atoms. The van der Waals surface area contributed by atoms with Crippen LogP contribution in [0.3, 0.4) is 0 Å². The maximum atomic E-state index is 12.6. The molecule has 0 bridgehead atoms. The molecule has 2 aromatic heterocycles. The molecule has 1 fully saturated rings. The van der Waals surface area contributed by atoms with Gasteiger partial charge in [0.2, 0.25) is 5.13 Å². The van der Waals surface area contributed by atoms with Crippen LogP contribution in [0, 0.1) is 6.92 Å². The summed E-state index contributed by atoms with van der Waals surface area (Å²) in [6.07, 6.45) is 4.45. The predicted molar refractivity (Wildman–Crippen MR) is 86.0 cm³/mol. The fourth-order valence-electron chi connectivity index (χ4n) is 2.37. The summed E-state index contributed by atoms with van der Waals surface area (Å²) in [6.45, 7) is 5.03. The SMILES string of the molecule is CCCCNc1nnc(-c2ccc(C)n(C3CC3)c2=O)s1. The zero-order valence-electron chi connectivity index (χ0n) is 12.4. The van der Waals surface area contributed by atoms with Crippen molar-refractivity contribution in [2.45, 2.75) is 45.6 Å². The molecule has 112 valence electrons. The number of unbranched alkanes of at least 4 members (excludes halogenated alkanes) is 1. The first-order valence-corrected chi connectivity index (χ1v) is 8.32. The molecule has 1 aliphatic rings. The number of hydrogen-bond acceptors (Lipinski definition) is 5. The highest BCUT2D eigenvalue weighted by Crippen LogP contribution is 2.35. The van der Waals surface area contributed by atoms with Crippen molar-refractivity contribution in [1.29, 1.82) is 0 Å². The van der Waals surface area contributed by atoms with Gasteiger partial charge in [-0.1, -0.05) is 24.7 Å². The number of nitrogens with one attached hydrogen (secondary N) is 1. The van der Waals surface area contributed by atoms with Crippen molar-refractivity contribution < 1.29 is 0 Å². The van der Waals surface area contributed by atoms with Gasteiger partial charge in [0, 0.05) is 18.3 Å². The molecular weight excluding hydrogens is 284 g/mol. The van der Waals surface area contributed by atoms with Gasteiger partial charge in [0.25, 0.3) is 5.56 Å². The number of rotatable bonds is 6. The summed E-state index contributed by atoms with van der Waals surface area (Å²) in [4.78, 5) is 12.6. The minimum absolute atomic E-state index is 0.0637. The highest BCUT2D eigenvalue weighted by molar-refractivity contribution is 7.18. The largest absolute Gasteiger partial charge is 0.360 e. The normalized spacial score (nSPS) is 14.4. The van der Waals surface area contributed by atoms with Crippen molar-refractivity contribution in [1.82, 2.24) is 14.8 Å². The van der Waals surface area contributed by atoms with Gasteiger partial charge in [-0.05, 0) is 38.3 Å². The summed E-state index contributed by atoms with van der Waals surface area (Å²) in [6, 6.07) is 4.25. The quantitative estimate of drug-likeness (QED) is 0.832. The Labute approximate surface area is 128 Å². The molecule has 0 aromatic carbocycles. The van der Waals surface area contributed by atoms with Crippen LogP contribution in [0.1, 0.15) is 44.3 Å². The average molecular weight is 304 g/mol. The van der Waals surface area contributed by atoms with Gasteiger partial charge in [-0.2, -0.15) is 0 Å². The van der Waals surface area contributed by atoms with Crippen LogP contribution in [-0.4, -0.2) is 21.3 Å². The van der Waals surface area contributed by atoms with Gasteiger partial charge in [0.05, 0.1) is 5.56 Å². The smallest absolute Gasteiger partial charge is 0.261 e. The molecule has 1 aliphatic carbocycles. The lowest BCUT2D eigenvalue weighted by Gasteiger charge is -2.09. The van der Waals surface area contributed by atoms with E-state index < -0.39 is 0 Å². The number of hydrogen-bond donors (Lipinski definition) is 1. The van der Waals surface area contributed by atoms with Gasteiger partial charge in [-0.15, -0.1) is 10.2 Å². The average Bonchev–Trinajstić information content (AvgIpc) is 3.18. The number of aromatic nitrogens is 3. The number of pyridine rings is 1. The van der Waals surface area contributed by atoms with Crippen LogP contribution < -0.4 is 10.9 Å². The zero-order chi connectivity index (χ0) is 14.8. The molecule has 0 amide bonds. The van der Waals surface area contributed by atoms with Crippen molar-refractivity contribution in [3.8, 4) is 10.6 Å². The highest BCUT2D eigenvalue weighted by Gasteiger charge is 2.27. The molecule has 3 rings (SSSR count). The van der Waals surface area contributed by atoms with E-state index in [1.807, 2.05) is 23.6 Å². The molecule has 1 N–H and O–H groups in total. The van der Waals surface area contributed by atoms with Gasteiger partial charge in [-0.25, -0.2) is 0 Å². The molecule has 1 saturated carbocycles. The monoisotopic (exact) mass is 304 g/mol. The first-order valence-electron chi connectivity index (χ1n) is 7.50. The maximum Gasteiger partial charge on any atom is 0.261 e. The molecular formula is C15H20N4OS. The summed E-state index contributed by atoms with van der Waals surface area (Å²) in [5.74, 6) is 0. The lowest BCUT2D eigenvalue weighted by atomic mass is 10.2. The Morgan fingerprint density at radius 2 is 2.19 bits per heavy atom. The van der Waals surface area contributed by atoms with Gasteiger partial charge in [0.1, 0.15) is 0 Å². The third-order valence-electron chi connectivity index (χ3n) is 3.69. The van der Waals surface area contributed by atoms with Gasteiger partial charge in [-0.3, -0.25) is 4.79 Å². The summed E-state index contributed by atoms with van der Waals surface area (Å²) in [5.41, 5.74) is 1.75. The summed E-state index contributed by atoms with van der Waals surface area (Å²) in [5, 5.41) is 13.0. The fourth-order valence-corrected chi connectivity index (χ4v) is 3.16. The lowest BCUT2D eigenvalue weighted by Crippen LogP contribution is -2.22. The second-order valence-electron chi connectivity index (χ2n) is 5.49. The first-order chi connectivity index (χ1) is 10.2. The van der Waals surface area contributed by atoms with Crippen molar-refractivity contribution in [3.05, 3.63) is 28.2 Å². The van der Waals surface area contributed by atoms with Gasteiger partial charge < -0.3 is 9.88 Å². The number of aryl methyl sites for hydroxylation is 1. The third-order valence-corrected chi connectivity index (χ3v) is 4.61. The minimum atomic E-state index is 0.0637. The van der Waals surface area contributed by atoms with E-state index in [9.17, 15) is 4.79 Å². The number of anilines is 1. The van der Waals surface area contributed by atoms with E-state index in [2.05, 4.69) is 22.4 Å². The van der Waals surface area contributed by atoms with Crippen LogP contribution in [0.5, 0.6) is 0 Å². The molecule has 5 nitrogen and oxygen atoms in total. The molecule has 0 saturated heterocycles. The van der Waals surface area contributed by atoms with Crippen molar-refractivity contribution in [3.63, 3.8) is 0 Å². The first kappa shape index (κ1) is 14.3. The third kappa shape index (κ3) is 3.00. The minimum Gasteiger partial charge on any atom is -0.360 e. The van der Waals surface area contributed by atoms with Crippen LogP contribution >= 0.6 is 11.3 Å². The Morgan fingerprint density at radius 1 is 1.38 bits per heavy atom. The molecule has 0 unspecified atom stereocenters. The zero-order valence-corrected chi connectivity index (χ0v) is 13.2. The van der Waals surface area contributed by atoms with Crippen molar-refractivity contribution in [2.24, 2.45) is 0 Å². The van der Waals surface area contributed by atoms with Crippen LogP contribution in [0.4, 0.5) is 5.13 Å². The van der Waals surface area contributed by atoms with E-state index in [1.165, 1.54) is 11.3 Å². The summed E-state index contributed by atoms with van der Waals surface area (Å²) >= 11 is 1.45. The molecule has 0 atom stereocenters. The standard InChI is InChI=1S/C15H20N4OS/c1-3-4-9-16-15-18-17-13(21-15)12-8-5-10(2)19(14(12)20)11-6-7-11/h5,8,11H,3-4,6-7,9H2,1-2H3,(H,16,18). The predicted octanol–water partition coefficient (Wildman–Crippen LogP) is 3.22. The molecule has 0 aliphatic heterocycles. The van der Waals surface area contributed by atoms with E-state index in [0.717, 1.165) is 43.1 Å². The van der Waals surface area contributed by atoms with Gasteiger partial charge >= 0.3 is 0 Å². The summed E-state index contributed by atoms with van der Waals surface area (Å²) in [7, 11) is 0. The number of nitrogens with zero attached hydrogens (tertiary/aromatic N) is 3. The highest BCUT2D eigenvalue weighted by atomic mass is 32.1. The summed E-state index contributed by atoms with van der Waals surface area (Å²) < 4.78 is 1.90. The molecule has 6 heteroatoms. The van der Waals surface area contributed by atoms with E-state index >= 15 is 0 Å². The fraction of sp³-hybridized carbons (Fsp3) is 0.533. The Bertz CT molecular complexity index is 687. The molecule has 2 heterocycles. The molecule has 0 spiro atoms. The Hall–Kier alpha value is -1.69. The van der Waals surface area contributed by atoms with Crippen LogP contribution in [0.25, 0.3) is 10.6 Å². The Kier molecular flexibility index (Phi) is 4.05. The second kappa shape index (κ2) is 5.97. The maximum absolute atomic E-state index is 12.6. The van der Waals surface area contributed by atoms with E-state index in [0.29, 0.717) is 16.6 Å². The topological polar surface area (TPSA) is 59.8 Å². The van der Waals surface area contributed by atoms with E-state index in [1.54, 1.807) is 0 Å². The van der Waals surface area contributed by atoms with Crippen molar-refractivity contribution in [2.75, 3.05) is 11.9 Å². The molecule has 0 radical (unpaired) electrons. The molecule has 2 aromatic rings. The van der Waals surface area contributed by atoms with E-state index in [4.69, 9.17) is 0 Å². The second-order valence-corrected chi connectivity index (χ2v) is 6.46. The van der Waals surface area contributed by atoms with Crippen molar-refractivity contribution >= 4 is 16.5 Å². The Balaban J connectivity index is 1.87. The Morgan fingerprint density at radius 3 is 2.90 bits per heavy atom. The van der Waals surface area contributed by atoms with Gasteiger partial charge in [0.15, 0.2) is 5.01 Å². The van der Waals surface area contributed by atoms with E-state index in [-0.39, 0.29) is 5.56 Å².